The zero-order chi connectivity index (χ0) is 11.5. The standard InChI is InChI=1S/C12H24IN3/c1-11(13)15-7-9-16(10-8-15)12-3-5-14(2)6-4-12/h11-12H,3-10H2,1-2H3. The molecular weight excluding hydrogens is 313 g/mol. The van der Waals surface area contributed by atoms with Gasteiger partial charge < -0.3 is 4.90 Å². The fourth-order valence-corrected chi connectivity index (χ4v) is 3.38. The summed E-state index contributed by atoms with van der Waals surface area (Å²) in [5.74, 6) is 0. The first-order chi connectivity index (χ1) is 7.66. The molecule has 0 radical (unpaired) electrons. The third-order valence-electron chi connectivity index (χ3n) is 4.06. The van der Waals surface area contributed by atoms with E-state index in [0.717, 1.165) is 6.04 Å². The Balaban J connectivity index is 1.76. The number of likely N-dealkylation sites (tertiary alicyclic amines) is 1. The summed E-state index contributed by atoms with van der Waals surface area (Å²) in [6, 6.07) is 0.864. The fourth-order valence-electron chi connectivity index (χ4n) is 2.82. The Morgan fingerprint density at radius 3 is 2.06 bits per heavy atom. The number of nitrogens with zero attached hydrogens (tertiary/aromatic N) is 3. The second-order valence-corrected chi connectivity index (χ2v) is 6.98. The van der Waals surface area contributed by atoms with Crippen LogP contribution in [0.5, 0.6) is 0 Å². The van der Waals surface area contributed by atoms with Gasteiger partial charge in [-0.3, -0.25) is 9.80 Å². The largest absolute Gasteiger partial charge is 0.306 e. The van der Waals surface area contributed by atoms with Gasteiger partial charge in [-0.05, 0) is 39.9 Å². The van der Waals surface area contributed by atoms with Gasteiger partial charge in [-0.15, -0.1) is 0 Å². The summed E-state index contributed by atoms with van der Waals surface area (Å²) in [5.41, 5.74) is 0. The van der Waals surface area contributed by atoms with Crippen LogP contribution < -0.4 is 0 Å². The third kappa shape index (κ3) is 3.31. The first-order valence-electron chi connectivity index (χ1n) is 6.47. The number of hydrogen-bond donors (Lipinski definition) is 0. The SMILES string of the molecule is CC(I)N1CCN(C2CCN(C)CC2)CC1. The maximum absolute atomic E-state index is 2.72. The Morgan fingerprint density at radius 1 is 1.00 bits per heavy atom. The molecule has 0 aliphatic carbocycles. The molecule has 2 rings (SSSR count). The molecule has 0 aromatic rings. The Bertz CT molecular complexity index is 206. The van der Waals surface area contributed by atoms with Crippen LogP contribution >= 0.6 is 22.6 Å². The Morgan fingerprint density at radius 2 is 1.56 bits per heavy atom. The van der Waals surface area contributed by atoms with Crippen LogP contribution in [-0.4, -0.2) is 71.1 Å². The molecule has 2 aliphatic heterocycles. The molecule has 0 spiro atoms. The van der Waals surface area contributed by atoms with E-state index in [2.05, 4.69) is 51.3 Å². The molecule has 94 valence electrons. The topological polar surface area (TPSA) is 9.72 Å². The Labute approximate surface area is 113 Å². The molecule has 0 saturated carbocycles. The van der Waals surface area contributed by atoms with Crippen molar-refractivity contribution in [1.29, 1.82) is 0 Å². The number of piperidine rings is 1. The maximum Gasteiger partial charge on any atom is 0.0590 e. The number of alkyl halides is 1. The molecule has 4 heteroatoms. The summed E-state index contributed by atoms with van der Waals surface area (Å²) >= 11 is 2.53. The summed E-state index contributed by atoms with van der Waals surface area (Å²) in [7, 11) is 2.24. The molecule has 1 atom stereocenters. The van der Waals surface area contributed by atoms with E-state index in [0.29, 0.717) is 4.05 Å². The molecule has 16 heavy (non-hydrogen) atoms. The summed E-state index contributed by atoms with van der Waals surface area (Å²) in [6.45, 7) is 9.95. The minimum atomic E-state index is 0.692. The van der Waals surface area contributed by atoms with Crippen molar-refractivity contribution in [2.24, 2.45) is 0 Å². The van der Waals surface area contributed by atoms with Crippen molar-refractivity contribution in [2.45, 2.75) is 29.9 Å². The molecular formula is C12H24IN3. The Hall–Kier alpha value is 0.610. The molecule has 0 amide bonds. The third-order valence-corrected chi connectivity index (χ3v) is 4.84. The zero-order valence-corrected chi connectivity index (χ0v) is 12.7. The second-order valence-electron chi connectivity index (χ2n) is 5.18. The molecule has 2 fully saturated rings. The molecule has 2 aliphatic rings. The van der Waals surface area contributed by atoms with Crippen molar-refractivity contribution in [1.82, 2.24) is 14.7 Å². The molecule has 0 aromatic carbocycles. The van der Waals surface area contributed by atoms with Crippen molar-refractivity contribution >= 4 is 22.6 Å². The van der Waals surface area contributed by atoms with Gasteiger partial charge in [0.2, 0.25) is 0 Å². The maximum atomic E-state index is 2.72. The van der Waals surface area contributed by atoms with Crippen molar-refractivity contribution in [3.05, 3.63) is 0 Å². The first kappa shape index (κ1) is 13.1. The van der Waals surface area contributed by atoms with Gasteiger partial charge in [0.05, 0.1) is 4.05 Å². The van der Waals surface area contributed by atoms with Gasteiger partial charge in [-0.1, -0.05) is 22.6 Å². The zero-order valence-electron chi connectivity index (χ0n) is 10.5. The van der Waals surface area contributed by atoms with Crippen molar-refractivity contribution in [3.63, 3.8) is 0 Å². The molecule has 0 aromatic heterocycles. The van der Waals surface area contributed by atoms with Crippen LogP contribution in [0.4, 0.5) is 0 Å². The number of halogens is 1. The predicted octanol–water partition coefficient (Wildman–Crippen LogP) is 1.48. The summed E-state index contributed by atoms with van der Waals surface area (Å²) in [4.78, 5) is 7.77. The van der Waals surface area contributed by atoms with Gasteiger partial charge in [-0.25, -0.2) is 0 Å². The van der Waals surface area contributed by atoms with Gasteiger partial charge in [0, 0.05) is 32.2 Å². The van der Waals surface area contributed by atoms with Gasteiger partial charge in [-0.2, -0.15) is 0 Å². The number of rotatable bonds is 2. The minimum Gasteiger partial charge on any atom is -0.306 e. The highest BCUT2D eigenvalue weighted by Crippen LogP contribution is 2.19. The van der Waals surface area contributed by atoms with Crippen LogP contribution in [-0.2, 0) is 0 Å². The average Bonchev–Trinajstić information content (AvgIpc) is 2.30. The van der Waals surface area contributed by atoms with Gasteiger partial charge in [0.1, 0.15) is 0 Å². The van der Waals surface area contributed by atoms with Crippen molar-refractivity contribution in [2.75, 3.05) is 46.3 Å². The predicted molar refractivity (Wildman–Crippen MR) is 77.1 cm³/mol. The normalized spacial score (nSPS) is 29.4. The molecule has 2 heterocycles. The van der Waals surface area contributed by atoms with Crippen molar-refractivity contribution < 1.29 is 0 Å². The highest BCUT2D eigenvalue weighted by atomic mass is 127. The smallest absolute Gasteiger partial charge is 0.0590 e. The second kappa shape index (κ2) is 5.98. The highest BCUT2D eigenvalue weighted by molar-refractivity contribution is 14.1. The van der Waals surface area contributed by atoms with Crippen LogP contribution in [0.25, 0.3) is 0 Å². The summed E-state index contributed by atoms with van der Waals surface area (Å²) in [5, 5.41) is 0. The number of piperazine rings is 1. The van der Waals surface area contributed by atoms with Crippen LogP contribution in [0.15, 0.2) is 0 Å². The van der Waals surface area contributed by atoms with E-state index in [9.17, 15) is 0 Å². The first-order valence-corrected chi connectivity index (χ1v) is 7.72. The van der Waals surface area contributed by atoms with E-state index in [4.69, 9.17) is 0 Å². The molecule has 0 N–H and O–H groups in total. The lowest BCUT2D eigenvalue weighted by Crippen LogP contribution is -2.53. The van der Waals surface area contributed by atoms with E-state index in [1.807, 2.05) is 0 Å². The fraction of sp³-hybridized carbons (Fsp3) is 1.00. The van der Waals surface area contributed by atoms with Crippen LogP contribution in [0.1, 0.15) is 19.8 Å². The van der Waals surface area contributed by atoms with Gasteiger partial charge in [0.25, 0.3) is 0 Å². The summed E-state index contributed by atoms with van der Waals surface area (Å²) in [6.07, 6.45) is 2.74. The lowest BCUT2D eigenvalue weighted by atomic mass is 10.0. The van der Waals surface area contributed by atoms with Crippen LogP contribution in [0, 0.1) is 0 Å². The quantitative estimate of drug-likeness (QED) is 0.429. The van der Waals surface area contributed by atoms with E-state index in [1.165, 1.54) is 52.1 Å². The molecule has 3 nitrogen and oxygen atoms in total. The molecule has 0 bridgehead atoms. The van der Waals surface area contributed by atoms with Gasteiger partial charge in [0.15, 0.2) is 0 Å². The minimum absolute atomic E-state index is 0.692. The molecule has 1 unspecified atom stereocenters. The van der Waals surface area contributed by atoms with Crippen LogP contribution in [0.3, 0.4) is 0 Å². The van der Waals surface area contributed by atoms with Crippen molar-refractivity contribution in [3.8, 4) is 0 Å². The van der Waals surface area contributed by atoms with Gasteiger partial charge >= 0.3 is 0 Å². The highest BCUT2D eigenvalue weighted by Gasteiger charge is 2.27. The van der Waals surface area contributed by atoms with E-state index in [-0.39, 0.29) is 0 Å². The molecule has 2 saturated heterocycles. The van der Waals surface area contributed by atoms with E-state index >= 15 is 0 Å². The summed E-state index contributed by atoms with van der Waals surface area (Å²) < 4.78 is 0.692. The number of hydrogen-bond acceptors (Lipinski definition) is 3. The average molecular weight is 337 g/mol. The lowest BCUT2D eigenvalue weighted by molar-refractivity contribution is 0.0645. The monoisotopic (exact) mass is 337 g/mol. The lowest BCUT2D eigenvalue weighted by Gasteiger charge is -2.42. The van der Waals surface area contributed by atoms with E-state index < -0.39 is 0 Å². The Kier molecular flexibility index (Phi) is 4.88. The van der Waals surface area contributed by atoms with E-state index in [1.54, 1.807) is 0 Å². The van der Waals surface area contributed by atoms with Crippen LogP contribution in [0.2, 0.25) is 0 Å².